The van der Waals surface area contributed by atoms with E-state index in [1.165, 1.54) is 6.08 Å². The normalized spacial score (nSPS) is 25.3. The van der Waals surface area contributed by atoms with Crippen molar-refractivity contribution in [3.05, 3.63) is 58.3 Å². The molecule has 0 radical (unpaired) electrons. The van der Waals surface area contributed by atoms with Gasteiger partial charge in [0.15, 0.2) is 0 Å². The summed E-state index contributed by atoms with van der Waals surface area (Å²) in [6.07, 6.45) is 3.67. The van der Waals surface area contributed by atoms with E-state index >= 15 is 0 Å². The number of carbonyl (C=O) groups is 2. The number of fused-ring (bicyclic) bond motifs is 1. The first kappa shape index (κ1) is 31.9. The molecule has 0 spiro atoms. The van der Waals surface area contributed by atoms with E-state index < -0.39 is 11.6 Å². The molecule has 0 saturated carbocycles. The predicted octanol–water partition coefficient (Wildman–Crippen LogP) is 4.38. The van der Waals surface area contributed by atoms with Gasteiger partial charge >= 0.3 is 6.01 Å². The van der Waals surface area contributed by atoms with Crippen LogP contribution in [-0.2, 0) is 27.8 Å². The van der Waals surface area contributed by atoms with E-state index in [4.69, 9.17) is 26.3 Å². The fourth-order valence-electron chi connectivity index (χ4n) is 7.10. The summed E-state index contributed by atoms with van der Waals surface area (Å²) >= 11 is 6.34. The lowest BCUT2D eigenvalue weighted by Gasteiger charge is -2.41. The van der Waals surface area contributed by atoms with E-state index in [0.29, 0.717) is 62.0 Å². The van der Waals surface area contributed by atoms with Crippen LogP contribution in [0.3, 0.4) is 0 Å². The van der Waals surface area contributed by atoms with Gasteiger partial charge in [0.05, 0.1) is 29.6 Å². The van der Waals surface area contributed by atoms with Crippen molar-refractivity contribution in [2.45, 2.75) is 76.0 Å². The first-order valence-electron chi connectivity index (χ1n) is 15.3. The lowest BCUT2D eigenvalue weighted by atomic mass is 9.65. The largest absolute Gasteiger partial charge is 0.462 e. The number of nitriles is 1. The van der Waals surface area contributed by atoms with Crippen LogP contribution in [0.25, 0.3) is 0 Å². The van der Waals surface area contributed by atoms with Gasteiger partial charge in [-0.25, -0.2) is 4.39 Å². The van der Waals surface area contributed by atoms with Crippen molar-refractivity contribution >= 4 is 29.1 Å². The number of anilines is 1. The molecule has 2 fully saturated rings. The highest BCUT2D eigenvalue weighted by atomic mass is 35.5. The number of alkyl halides is 1. The minimum absolute atomic E-state index is 0.0648. The maximum absolute atomic E-state index is 14.1. The Kier molecular flexibility index (Phi) is 9.56. The molecule has 234 valence electrons. The Bertz CT molecular complexity index is 1480. The third kappa shape index (κ3) is 6.31. The Labute approximate surface area is 263 Å². The molecular formula is C33H40ClFN6O3. The summed E-state index contributed by atoms with van der Waals surface area (Å²) in [4.78, 5) is 41.5. The first-order chi connectivity index (χ1) is 21.1. The number of nitrogens with zero attached hydrogens (tertiary/aromatic N) is 6. The SMILES string of the molecule is C=CC(=O)N1CCN(c2nc(OC[C@@H]3C[C@@H](F)CN3C)nc(CC3(C(C)=O)CCCc4cc(Cl)ccc43)c2C)C[C@@H]1CC#N. The summed E-state index contributed by atoms with van der Waals surface area (Å²) < 4.78 is 20.2. The molecule has 4 atom stereocenters. The summed E-state index contributed by atoms with van der Waals surface area (Å²) in [5.74, 6) is 0.503. The molecule has 2 aromatic rings. The molecule has 9 nitrogen and oxygen atoms in total. The summed E-state index contributed by atoms with van der Waals surface area (Å²) in [5.41, 5.74) is 2.80. The molecule has 0 bridgehead atoms. The van der Waals surface area contributed by atoms with Gasteiger partial charge in [0.2, 0.25) is 5.91 Å². The highest BCUT2D eigenvalue weighted by Crippen LogP contribution is 2.43. The van der Waals surface area contributed by atoms with Crippen LogP contribution < -0.4 is 9.64 Å². The summed E-state index contributed by atoms with van der Waals surface area (Å²) in [6.45, 7) is 9.10. The Morgan fingerprint density at radius 1 is 1.27 bits per heavy atom. The number of likely N-dealkylation sites (tertiary alicyclic amines) is 1. The van der Waals surface area contributed by atoms with Crippen molar-refractivity contribution in [3.8, 4) is 12.1 Å². The third-order valence-electron chi connectivity index (χ3n) is 9.59. The van der Waals surface area contributed by atoms with Crippen molar-refractivity contribution in [2.24, 2.45) is 0 Å². The maximum atomic E-state index is 14.1. The molecule has 2 aliphatic heterocycles. The van der Waals surface area contributed by atoms with Crippen molar-refractivity contribution < 1.29 is 18.7 Å². The number of carbonyl (C=O) groups excluding carboxylic acids is 2. The molecule has 2 saturated heterocycles. The Hall–Kier alpha value is -3.55. The van der Waals surface area contributed by atoms with Crippen molar-refractivity contribution in [2.75, 3.05) is 44.7 Å². The van der Waals surface area contributed by atoms with Crippen LogP contribution in [0.5, 0.6) is 6.01 Å². The van der Waals surface area contributed by atoms with Gasteiger partial charge in [-0.15, -0.1) is 0 Å². The number of aryl methyl sites for hydroxylation is 1. The van der Waals surface area contributed by atoms with Crippen LogP contribution in [-0.4, -0.2) is 89.5 Å². The zero-order chi connectivity index (χ0) is 31.6. The fraction of sp³-hybridized carbons (Fsp3) is 0.545. The van der Waals surface area contributed by atoms with Gasteiger partial charge in [-0.05, 0) is 75.9 Å². The lowest BCUT2D eigenvalue weighted by molar-refractivity contribution is -0.128. The highest BCUT2D eigenvalue weighted by Gasteiger charge is 2.42. The maximum Gasteiger partial charge on any atom is 0.318 e. The van der Waals surface area contributed by atoms with Gasteiger partial charge < -0.3 is 14.5 Å². The topological polar surface area (TPSA) is 103 Å². The number of Topliss-reactive ketones (excluding diaryl/α,β-unsaturated/α-hetero) is 1. The number of hydrogen-bond donors (Lipinski definition) is 0. The number of hydrogen-bond acceptors (Lipinski definition) is 8. The second-order valence-corrected chi connectivity index (χ2v) is 12.7. The number of piperazine rings is 1. The van der Waals surface area contributed by atoms with Crippen LogP contribution in [0.1, 0.15) is 55.0 Å². The van der Waals surface area contributed by atoms with Crippen LogP contribution in [0.2, 0.25) is 5.02 Å². The number of aromatic nitrogens is 2. The minimum atomic E-state index is -0.902. The molecule has 1 aromatic carbocycles. The quantitative estimate of drug-likeness (QED) is 0.380. The molecule has 1 aromatic heterocycles. The third-order valence-corrected chi connectivity index (χ3v) is 9.82. The smallest absolute Gasteiger partial charge is 0.318 e. The van der Waals surface area contributed by atoms with Gasteiger partial charge in [-0.2, -0.15) is 15.2 Å². The van der Waals surface area contributed by atoms with Crippen molar-refractivity contribution in [1.29, 1.82) is 5.26 Å². The monoisotopic (exact) mass is 622 g/mol. The molecule has 3 heterocycles. The van der Waals surface area contributed by atoms with E-state index in [9.17, 15) is 19.2 Å². The number of likely N-dealkylation sites (N-methyl/N-ethyl adjacent to an activating group) is 1. The van der Waals surface area contributed by atoms with Crippen molar-refractivity contribution in [3.63, 3.8) is 0 Å². The number of benzene rings is 1. The second-order valence-electron chi connectivity index (χ2n) is 12.3. The van der Waals surface area contributed by atoms with E-state index in [2.05, 4.69) is 17.5 Å². The first-order valence-corrected chi connectivity index (χ1v) is 15.6. The zero-order valence-electron chi connectivity index (χ0n) is 25.7. The Balaban J connectivity index is 1.54. The zero-order valence-corrected chi connectivity index (χ0v) is 26.4. The lowest BCUT2D eigenvalue weighted by Crippen LogP contribution is -2.55. The number of halogens is 2. The molecule has 5 rings (SSSR count). The van der Waals surface area contributed by atoms with Gasteiger partial charge in [-0.1, -0.05) is 24.2 Å². The Morgan fingerprint density at radius 2 is 2.07 bits per heavy atom. The van der Waals surface area contributed by atoms with Crippen LogP contribution in [0.15, 0.2) is 30.9 Å². The number of rotatable bonds is 9. The van der Waals surface area contributed by atoms with Crippen LogP contribution in [0.4, 0.5) is 10.2 Å². The minimum Gasteiger partial charge on any atom is -0.462 e. The van der Waals surface area contributed by atoms with Crippen LogP contribution in [0, 0.1) is 18.3 Å². The summed E-state index contributed by atoms with van der Waals surface area (Å²) in [5, 5.41) is 10.2. The van der Waals surface area contributed by atoms with E-state index in [1.807, 2.05) is 37.1 Å². The number of ether oxygens (including phenoxy) is 1. The molecule has 44 heavy (non-hydrogen) atoms. The molecule has 1 aliphatic carbocycles. The van der Waals surface area contributed by atoms with Gasteiger partial charge in [0.25, 0.3) is 0 Å². The number of ketones is 1. The molecule has 0 N–H and O–H groups in total. The van der Waals surface area contributed by atoms with Crippen molar-refractivity contribution in [1.82, 2.24) is 19.8 Å². The summed E-state index contributed by atoms with van der Waals surface area (Å²) in [7, 11) is 1.88. The molecule has 1 amide bonds. The number of amides is 1. The molecule has 1 unspecified atom stereocenters. The Morgan fingerprint density at radius 3 is 2.75 bits per heavy atom. The fourth-order valence-corrected chi connectivity index (χ4v) is 7.29. The van der Waals surface area contributed by atoms with Gasteiger partial charge in [0, 0.05) is 49.2 Å². The molecular weight excluding hydrogens is 583 g/mol. The standard InChI is InChI=1S/C33H40ClFN6O3/c1-5-30(43)41-14-13-40(19-26(41)10-12-36)31-21(2)29(37-32(38-31)44-20-27-16-25(35)18-39(27)4)17-33(22(3)42)11-6-7-23-15-24(34)8-9-28(23)33/h5,8-9,15,25-27H,1,6-7,10-11,13-14,16-20H2,2-4H3/t25-,26+,27+,33?/m1/s1. The van der Waals surface area contributed by atoms with Gasteiger partial charge in [-0.3, -0.25) is 14.5 Å². The van der Waals surface area contributed by atoms with E-state index in [0.717, 1.165) is 29.5 Å². The van der Waals surface area contributed by atoms with Crippen LogP contribution >= 0.6 is 11.6 Å². The van der Waals surface area contributed by atoms with Gasteiger partial charge in [0.1, 0.15) is 24.4 Å². The highest BCUT2D eigenvalue weighted by molar-refractivity contribution is 6.30. The summed E-state index contributed by atoms with van der Waals surface area (Å²) in [6, 6.07) is 7.70. The van der Waals surface area contributed by atoms with E-state index in [1.54, 1.807) is 11.8 Å². The van der Waals surface area contributed by atoms with E-state index in [-0.39, 0.29) is 42.8 Å². The average Bonchev–Trinajstić information content (AvgIpc) is 3.33. The second kappa shape index (κ2) is 13.2. The predicted molar refractivity (Wildman–Crippen MR) is 167 cm³/mol. The average molecular weight is 623 g/mol. The molecule has 11 heteroatoms. The molecule has 3 aliphatic rings.